The Bertz CT molecular complexity index is 681. The number of carbonyl (C=O) groups is 1. The molecule has 0 N–H and O–H groups in total. The lowest BCUT2D eigenvalue weighted by atomic mass is 10.1. The normalized spacial score (nSPS) is 11.9. The van der Waals surface area contributed by atoms with Gasteiger partial charge in [-0.25, -0.2) is 9.78 Å². The van der Waals surface area contributed by atoms with Crippen molar-refractivity contribution in [2.24, 2.45) is 0 Å². The fourth-order valence-electron chi connectivity index (χ4n) is 2.10. The van der Waals surface area contributed by atoms with Crippen LogP contribution in [0.4, 0.5) is 0 Å². The molecule has 0 fully saturated rings. The molecule has 1 aromatic heterocycles. The summed E-state index contributed by atoms with van der Waals surface area (Å²) in [4.78, 5) is 20.1. The zero-order valence-electron chi connectivity index (χ0n) is 13.5. The second-order valence-corrected chi connectivity index (χ2v) is 5.16. The number of benzene rings is 1. The van der Waals surface area contributed by atoms with Gasteiger partial charge in [-0.2, -0.15) is 4.98 Å². The van der Waals surface area contributed by atoms with Crippen LogP contribution in [0.3, 0.4) is 0 Å². The maximum atomic E-state index is 11.4. The number of rotatable bonds is 4. The van der Waals surface area contributed by atoms with Crippen LogP contribution in [0.2, 0.25) is 0 Å². The average molecular weight is 300 g/mol. The third-order valence-electron chi connectivity index (χ3n) is 3.55. The molecule has 1 atom stereocenters. The first kappa shape index (κ1) is 15.9. The molecular weight excluding hydrogens is 280 g/mol. The molecule has 0 aliphatic rings. The van der Waals surface area contributed by atoms with Crippen LogP contribution in [0.5, 0.6) is 5.88 Å². The smallest absolute Gasteiger partial charge is 0.337 e. The van der Waals surface area contributed by atoms with Crippen molar-refractivity contribution < 1.29 is 14.3 Å². The van der Waals surface area contributed by atoms with Crippen LogP contribution >= 0.6 is 0 Å². The number of carbonyl (C=O) groups excluding carboxylic acids is 1. The number of aromatic nitrogens is 2. The van der Waals surface area contributed by atoms with E-state index in [1.165, 1.54) is 7.11 Å². The van der Waals surface area contributed by atoms with E-state index in [4.69, 9.17) is 4.74 Å². The highest BCUT2D eigenvalue weighted by Crippen LogP contribution is 2.24. The van der Waals surface area contributed by atoms with Crippen LogP contribution in [-0.4, -0.2) is 23.0 Å². The number of esters is 1. The average Bonchev–Trinajstić information content (AvgIpc) is 2.51. The molecule has 1 aromatic carbocycles. The van der Waals surface area contributed by atoms with E-state index >= 15 is 0 Å². The largest absolute Gasteiger partial charge is 0.469 e. The molecule has 116 valence electrons. The number of ether oxygens (including phenoxy) is 2. The van der Waals surface area contributed by atoms with E-state index in [1.54, 1.807) is 12.1 Å². The van der Waals surface area contributed by atoms with Crippen LogP contribution < -0.4 is 4.74 Å². The Kier molecular flexibility index (Phi) is 4.75. The zero-order chi connectivity index (χ0) is 16.3. The summed E-state index contributed by atoms with van der Waals surface area (Å²) in [5.41, 5.74) is 3.32. The first-order valence-corrected chi connectivity index (χ1v) is 7.09. The summed E-state index contributed by atoms with van der Waals surface area (Å²) in [5, 5.41) is 0. The minimum atomic E-state index is -0.349. The van der Waals surface area contributed by atoms with Crippen LogP contribution in [0, 0.1) is 20.8 Å². The van der Waals surface area contributed by atoms with E-state index in [1.807, 2.05) is 39.8 Å². The maximum Gasteiger partial charge on any atom is 0.337 e. The fraction of sp³-hybridized carbons (Fsp3) is 0.353. The number of nitrogens with zero attached hydrogens (tertiary/aromatic N) is 2. The highest BCUT2D eigenvalue weighted by atomic mass is 16.5. The van der Waals surface area contributed by atoms with E-state index in [9.17, 15) is 4.79 Å². The Morgan fingerprint density at radius 2 is 1.73 bits per heavy atom. The standard InChI is InChI=1S/C17H20N2O3/c1-10-11(2)18-13(4)19-16(10)22-12(3)14-6-8-15(9-7-14)17(20)21-5/h6-9,12H,1-5H3/t12-/m0/s1. The Morgan fingerprint density at radius 1 is 1.09 bits per heavy atom. The third-order valence-corrected chi connectivity index (χ3v) is 3.55. The van der Waals surface area contributed by atoms with Gasteiger partial charge < -0.3 is 9.47 Å². The first-order chi connectivity index (χ1) is 10.4. The Labute approximate surface area is 130 Å². The Hall–Kier alpha value is -2.43. The van der Waals surface area contributed by atoms with Crippen LogP contribution in [-0.2, 0) is 4.74 Å². The van der Waals surface area contributed by atoms with Crippen molar-refractivity contribution in [2.75, 3.05) is 7.11 Å². The van der Waals surface area contributed by atoms with Gasteiger partial charge in [0.1, 0.15) is 11.9 Å². The molecule has 0 amide bonds. The third kappa shape index (κ3) is 3.42. The Balaban J connectivity index is 2.19. The van der Waals surface area contributed by atoms with Crippen LogP contribution in [0.25, 0.3) is 0 Å². The lowest BCUT2D eigenvalue weighted by Crippen LogP contribution is -2.08. The molecule has 5 nitrogen and oxygen atoms in total. The van der Waals surface area contributed by atoms with Gasteiger partial charge in [0.05, 0.1) is 12.7 Å². The molecule has 0 aliphatic heterocycles. The minimum Gasteiger partial charge on any atom is -0.469 e. The summed E-state index contributed by atoms with van der Waals surface area (Å²) >= 11 is 0. The molecule has 0 unspecified atom stereocenters. The topological polar surface area (TPSA) is 61.3 Å². The summed E-state index contributed by atoms with van der Waals surface area (Å²) < 4.78 is 10.6. The lowest BCUT2D eigenvalue weighted by molar-refractivity contribution is 0.0600. The van der Waals surface area contributed by atoms with E-state index in [2.05, 4.69) is 14.7 Å². The van der Waals surface area contributed by atoms with Crippen molar-refractivity contribution in [3.63, 3.8) is 0 Å². The van der Waals surface area contributed by atoms with Crippen molar-refractivity contribution in [1.29, 1.82) is 0 Å². The lowest BCUT2D eigenvalue weighted by Gasteiger charge is -2.17. The summed E-state index contributed by atoms with van der Waals surface area (Å²) in [6.07, 6.45) is -0.181. The van der Waals surface area contributed by atoms with Gasteiger partial charge in [0, 0.05) is 11.3 Å². The van der Waals surface area contributed by atoms with E-state index in [0.717, 1.165) is 16.8 Å². The summed E-state index contributed by atoms with van der Waals surface area (Å²) in [6, 6.07) is 7.16. The molecule has 0 saturated carbocycles. The molecule has 0 spiro atoms. The van der Waals surface area contributed by atoms with Gasteiger partial charge in [0.15, 0.2) is 0 Å². The quantitative estimate of drug-likeness (QED) is 0.810. The second kappa shape index (κ2) is 6.56. The first-order valence-electron chi connectivity index (χ1n) is 7.09. The maximum absolute atomic E-state index is 11.4. The highest BCUT2D eigenvalue weighted by molar-refractivity contribution is 5.89. The second-order valence-electron chi connectivity index (χ2n) is 5.16. The van der Waals surface area contributed by atoms with E-state index in [-0.39, 0.29) is 12.1 Å². The number of hydrogen-bond acceptors (Lipinski definition) is 5. The molecule has 5 heteroatoms. The number of hydrogen-bond donors (Lipinski definition) is 0. The monoisotopic (exact) mass is 300 g/mol. The van der Waals surface area contributed by atoms with Crippen LogP contribution in [0.15, 0.2) is 24.3 Å². The zero-order valence-corrected chi connectivity index (χ0v) is 13.5. The number of aryl methyl sites for hydroxylation is 2. The van der Waals surface area contributed by atoms with Gasteiger partial charge in [0.25, 0.3) is 0 Å². The molecule has 0 radical (unpaired) electrons. The molecule has 0 aliphatic carbocycles. The highest BCUT2D eigenvalue weighted by Gasteiger charge is 2.14. The summed E-state index contributed by atoms with van der Waals surface area (Å²) in [6.45, 7) is 7.67. The van der Waals surface area contributed by atoms with Gasteiger partial charge in [-0.15, -0.1) is 0 Å². The van der Waals surface area contributed by atoms with Gasteiger partial charge >= 0.3 is 5.97 Å². The van der Waals surface area contributed by atoms with Crippen molar-refractivity contribution in [3.05, 3.63) is 52.5 Å². The van der Waals surface area contributed by atoms with Gasteiger partial charge in [-0.3, -0.25) is 0 Å². The predicted molar refractivity (Wildman–Crippen MR) is 83.1 cm³/mol. The Morgan fingerprint density at radius 3 is 2.32 bits per heavy atom. The summed E-state index contributed by atoms with van der Waals surface area (Å²) in [7, 11) is 1.37. The summed E-state index contributed by atoms with van der Waals surface area (Å²) in [5.74, 6) is 0.930. The van der Waals surface area contributed by atoms with Crippen LogP contribution in [0.1, 0.15) is 46.0 Å². The van der Waals surface area contributed by atoms with Crippen molar-refractivity contribution in [1.82, 2.24) is 9.97 Å². The SMILES string of the molecule is COC(=O)c1ccc([C@H](C)Oc2nc(C)nc(C)c2C)cc1. The number of methoxy groups -OCH3 is 1. The van der Waals surface area contributed by atoms with E-state index in [0.29, 0.717) is 17.3 Å². The van der Waals surface area contributed by atoms with Gasteiger partial charge in [0.2, 0.25) is 5.88 Å². The van der Waals surface area contributed by atoms with Crippen molar-refractivity contribution in [3.8, 4) is 5.88 Å². The van der Waals surface area contributed by atoms with E-state index < -0.39 is 0 Å². The fourth-order valence-corrected chi connectivity index (χ4v) is 2.10. The molecule has 1 heterocycles. The molecule has 22 heavy (non-hydrogen) atoms. The predicted octanol–water partition coefficient (Wildman–Crippen LogP) is 3.33. The minimum absolute atomic E-state index is 0.181. The molecule has 0 saturated heterocycles. The molecule has 2 aromatic rings. The molecule has 0 bridgehead atoms. The molecule has 2 rings (SSSR count). The molecular formula is C17H20N2O3. The van der Waals surface area contributed by atoms with Crippen molar-refractivity contribution in [2.45, 2.75) is 33.8 Å². The van der Waals surface area contributed by atoms with Crippen molar-refractivity contribution >= 4 is 5.97 Å². The van der Waals surface area contributed by atoms with Gasteiger partial charge in [-0.1, -0.05) is 12.1 Å². The van der Waals surface area contributed by atoms with Gasteiger partial charge in [-0.05, 0) is 45.4 Å².